The van der Waals surface area contributed by atoms with E-state index in [1.165, 1.54) is 12.8 Å². The van der Waals surface area contributed by atoms with Gasteiger partial charge in [-0.2, -0.15) is 5.10 Å². The predicted octanol–water partition coefficient (Wildman–Crippen LogP) is 2.73. The highest BCUT2D eigenvalue weighted by Crippen LogP contribution is 2.22. The molecule has 0 aromatic carbocycles. The van der Waals surface area contributed by atoms with Gasteiger partial charge < -0.3 is 10.1 Å². The molecule has 1 N–H and O–H groups in total. The third-order valence-corrected chi connectivity index (χ3v) is 3.24. The first-order chi connectivity index (χ1) is 9.83. The number of ether oxygens (including phenoxy) is 1. The van der Waals surface area contributed by atoms with E-state index < -0.39 is 0 Å². The zero-order chi connectivity index (χ0) is 13.8. The molecule has 3 rings (SSSR count). The summed E-state index contributed by atoms with van der Waals surface area (Å²) in [7, 11) is 0. The van der Waals surface area contributed by atoms with Crippen molar-refractivity contribution in [2.24, 2.45) is 0 Å². The Balaban J connectivity index is 1.61. The number of aryl methyl sites for hydroxylation is 1. The average Bonchev–Trinajstić information content (AvgIpc) is 3.19. The van der Waals surface area contributed by atoms with E-state index >= 15 is 0 Å². The average molecular weight is 272 g/mol. The molecule has 0 aliphatic heterocycles. The lowest BCUT2D eigenvalue weighted by Crippen LogP contribution is -2.15. The van der Waals surface area contributed by atoms with Gasteiger partial charge >= 0.3 is 0 Å². The normalized spacial score (nSPS) is 14.4. The number of hydrogen-bond donors (Lipinski definition) is 1. The minimum atomic E-state index is 0.701. The molecule has 106 valence electrons. The fraction of sp³-hybridized carbons (Fsp3) is 0.467. The molecule has 0 unspecified atom stereocenters. The largest absolute Gasteiger partial charge is 0.452 e. The molecular formula is C15H20N4O. The van der Waals surface area contributed by atoms with E-state index in [-0.39, 0.29) is 0 Å². The number of pyridine rings is 1. The summed E-state index contributed by atoms with van der Waals surface area (Å²) < 4.78 is 7.68. The van der Waals surface area contributed by atoms with Crippen molar-refractivity contribution in [3.05, 3.63) is 36.4 Å². The molecule has 1 fully saturated rings. The van der Waals surface area contributed by atoms with Crippen LogP contribution in [0.2, 0.25) is 0 Å². The van der Waals surface area contributed by atoms with Gasteiger partial charge in [-0.15, -0.1) is 0 Å². The summed E-state index contributed by atoms with van der Waals surface area (Å²) in [5.74, 6) is 1.52. The molecule has 0 bridgehead atoms. The lowest BCUT2D eigenvalue weighted by atomic mass is 10.3. The summed E-state index contributed by atoms with van der Waals surface area (Å²) in [5, 5.41) is 7.72. The second-order valence-corrected chi connectivity index (χ2v) is 5.23. The Morgan fingerprint density at radius 3 is 3.00 bits per heavy atom. The maximum atomic E-state index is 5.79. The van der Waals surface area contributed by atoms with Crippen LogP contribution in [-0.4, -0.2) is 20.8 Å². The van der Waals surface area contributed by atoms with E-state index in [2.05, 4.69) is 22.3 Å². The summed E-state index contributed by atoms with van der Waals surface area (Å²) >= 11 is 0. The molecule has 2 aromatic heterocycles. The van der Waals surface area contributed by atoms with E-state index in [9.17, 15) is 0 Å². The molecule has 1 saturated carbocycles. The predicted molar refractivity (Wildman–Crippen MR) is 76.7 cm³/mol. The van der Waals surface area contributed by atoms with Gasteiger partial charge in [0.15, 0.2) is 5.75 Å². The van der Waals surface area contributed by atoms with E-state index in [4.69, 9.17) is 4.74 Å². The van der Waals surface area contributed by atoms with Crippen LogP contribution in [0.5, 0.6) is 11.5 Å². The van der Waals surface area contributed by atoms with Crippen LogP contribution < -0.4 is 10.1 Å². The standard InChI is InChI=1S/C15H20N4O/c1-2-5-19-11-15(10-18-19)20-14-6-12(7-16-9-14)8-17-13-3-4-13/h6-7,9-11,13,17H,2-5,8H2,1H3. The van der Waals surface area contributed by atoms with Crippen LogP contribution in [0, 0.1) is 0 Å². The van der Waals surface area contributed by atoms with E-state index in [0.717, 1.165) is 36.6 Å². The quantitative estimate of drug-likeness (QED) is 0.842. The number of nitrogens with one attached hydrogen (secondary N) is 1. The Labute approximate surface area is 119 Å². The SMILES string of the molecule is CCCn1cc(Oc2cncc(CNC3CC3)c2)cn1. The van der Waals surface area contributed by atoms with Crippen molar-refractivity contribution in [2.75, 3.05) is 0 Å². The zero-order valence-corrected chi connectivity index (χ0v) is 11.7. The van der Waals surface area contributed by atoms with Crippen molar-refractivity contribution in [1.29, 1.82) is 0 Å². The first-order valence-electron chi connectivity index (χ1n) is 7.21. The second kappa shape index (κ2) is 6.05. The van der Waals surface area contributed by atoms with Gasteiger partial charge in [0, 0.05) is 25.3 Å². The monoisotopic (exact) mass is 272 g/mol. The third-order valence-electron chi connectivity index (χ3n) is 3.24. The van der Waals surface area contributed by atoms with Gasteiger partial charge in [-0.25, -0.2) is 0 Å². The molecule has 0 amide bonds. The summed E-state index contributed by atoms with van der Waals surface area (Å²) in [6.45, 7) is 3.89. The maximum absolute atomic E-state index is 5.79. The highest BCUT2D eigenvalue weighted by Gasteiger charge is 2.19. The molecule has 0 saturated heterocycles. The number of aromatic nitrogens is 3. The van der Waals surface area contributed by atoms with Crippen molar-refractivity contribution in [1.82, 2.24) is 20.1 Å². The Hall–Kier alpha value is -1.88. The second-order valence-electron chi connectivity index (χ2n) is 5.23. The topological polar surface area (TPSA) is 52.0 Å². The van der Waals surface area contributed by atoms with Crippen LogP contribution >= 0.6 is 0 Å². The van der Waals surface area contributed by atoms with E-state index in [1.54, 1.807) is 12.4 Å². The summed E-state index contributed by atoms with van der Waals surface area (Å²) in [4.78, 5) is 4.23. The fourth-order valence-electron chi connectivity index (χ4n) is 2.05. The molecule has 2 aromatic rings. The van der Waals surface area contributed by atoms with Gasteiger partial charge in [-0.1, -0.05) is 6.92 Å². The van der Waals surface area contributed by atoms with Crippen LogP contribution in [0.25, 0.3) is 0 Å². The first-order valence-corrected chi connectivity index (χ1v) is 7.21. The number of hydrogen-bond acceptors (Lipinski definition) is 4. The Morgan fingerprint density at radius 2 is 2.20 bits per heavy atom. The number of rotatable bonds is 7. The fourth-order valence-corrected chi connectivity index (χ4v) is 2.05. The van der Waals surface area contributed by atoms with Crippen molar-refractivity contribution in [3.8, 4) is 11.5 Å². The Morgan fingerprint density at radius 1 is 1.30 bits per heavy atom. The Kier molecular flexibility index (Phi) is 3.97. The lowest BCUT2D eigenvalue weighted by Gasteiger charge is -2.06. The van der Waals surface area contributed by atoms with Crippen molar-refractivity contribution in [2.45, 2.75) is 45.3 Å². The van der Waals surface area contributed by atoms with Gasteiger partial charge in [0.25, 0.3) is 0 Å². The third kappa shape index (κ3) is 3.57. The molecule has 20 heavy (non-hydrogen) atoms. The van der Waals surface area contributed by atoms with Gasteiger partial charge in [0.05, 0.1) is 18.6 Å². The molecule has 5 nitrogen and oxygen atoms in total. The van der Waals surface area contributed by atoms with Crippen LogP contribution in [0.4, 0.5) is 0 Å². The molecule has 1 aliphatic carbocycles. The van der Waals surface area contributed by atoms with Gasteiger partial charge in [0.1, 0.15) is 5.75 Å². The Bertz CT molecular complexity index is 563. The minimum absolute atomic E-state index is 0.701. The smallest absolute Gasteiger partial charge is 0.165 e. The zero-order valence-electron chi connectivity index (χ0n) is 11.7. The van der Waals surface area contributed by atoms with Crippen LogP contribution in [0.1, 0.15) is 31.7 Å². The van der Waals surface area contributed by atoms with Gasteiger partial charge in [-0.05, 0) is 30.9 Å². The lowest BCUT2D eigenvalue weighted by molar-refractivity contribution is 0.477. The van der Waals surface area contributed by atoms with Gasteiger partial charge in [-0.3, -0.25) is 9.67 Å². The summed E-state index contributed by atoms with van der Waals surface area (Å²) in [6.07, 6.45) is 10.9. The van der Waals surface area contributed by atoms with Crippen LogP contribution in [0.15, 0.2) is 30.9 Å². The maximum Gasteiger partial charge on any atom is 0.165 e. The van der Waals surface area contributed by atoms with Gasteiger partial charge in [0.2, 0.25) is 0 Å². The molecule has 5 heteroatoms. The molecular weight excluding hydrogens is 252 g/mol. The van der Waals surface area contributed by atoms with E-state index in [1.807, 2.05) is 23.1 Å². The number of nitrogens with zero attached hydrogens (tertiary/aromatic N) is 3. The van der Waals surface area contributed by atoms with Crippen LogP contribution in [-0.2, 0) is 13.1 Å². The molecule has 1 aliphatic rings. The van der Waals surface area contributed by atoms with Crippen molar-refractivity contribution in [3.63, 3.8) is 0 Å². The minimum Gasteiger partial charge on any atom is -0.452 e. The molecule has 0 radical (unpaired) electrons. The summed E-state index contributed by atoms with van der Waals surface area (Å²) in [5.41, 5.74) is 1.15. The molecule has 0 atom stereocenters. The van der Waals surface area contributed by atoms with Crippen LogP contribution in [0.3, 0.4) is 0 Å². The van der Waals surface area contributed by atoms with Crippen molar-refractivity contribution >= 4 is 0 Å². The van der Waals surface area contributed by atoms with E-state index in [0.29, 0.717) is 6.04 Å². The first kappa shape index (κ1) is 13.1. The van der Waals surface area contributed by atoms with Crippen molar-refractivity contribution < 1.29 is 4.74 Å². The highest BCUT2D eigenvalue weighted by molar-refractivity contribution is 5.28. The molecule has 2 heterocycles. The molecule has 0 spiro atoms. The highest BCUT2D eigenvalue weighted by atomic mass is 16.5. The summed E-state index contributed by atoms with van der Waals surface area (Å²) in [6, 6.07) is 2.73.